The molecule has 0 bridgehead atoms. The van der Waals surface area contributed by atoms with Gasteiger partial charge < -0.3 is 15.5 Å². The van der Waals surface area contributed by atoms with Crippen molar-refractivity contribution >= 4 is 5.91 Å². The zero-order valence-electron chi connectivity index (χ0n) is 10.8. The Hall–Kier alpha value is -0.610. The Labute approximate surface area is 98.1 Å². The zero-order valence-corrected chi connectivity index (χ0v) is 10.8. The molecule has 0 aliphatic rings. The number of hydrogen-bond acceptors (Lipinski definition) is 3. The van der Waals surface area contributed by atoms with E-state index in [0.717, 1.165) is 0 Å². The first-order valence-electron chi connectivity index (χ1n) is 5.83. The summed E-state index contributed by atoms with van der Waals surface area (Å²) in [6, 6.07) is 0. The van der Waals surface area contributed by atoms with Crippen LogP contribution in [0.1, 0.15) is 47.0 Å². The van der Waals surface area contributed by atoms with Gasteiger partial charge in [-0.2, -0.15) is 0 Å². The second-order valence-electron chi connectivity index (χ2n) is 5.61. The van der Waals surface area contributed by atoms with Crippen LogP contribution in [0.5, 0.6) is 0 Å². The Morgan fingerprint density at radius 2 is 1.88 bits per heavy atom. The number of aliphatic hydroxyl groups excluding tert-OH is 2. The maximum atomic E-state index is 11.3. The zero-order chi connectivity index (χ0) is 12.8. The van der Waals surface area contributed by atoms with Crippen molar-refractivity contribution in [3.63, 3.8) is 0 Å². The minimum absolute atomic E-state index is 0.0593. The Balaban J connectivity index is 3.67. The number of nitrogens with one attached hydrogen (secondary N) is 1. The average molecular weight is 231 g/mol. The number of hydrogen-bond donors (Lipinski definition) is 3. The average Bonchev–Trinajstić information content (AvgIpc) is 2.08. The molecule has 0 spiro atoms. The predicted molar refractivity (Wildman–Crippen MR) is 64.0 cm³/mol. The number of aliphatic hydroxyl groups is 2. The number of carbonyl (C=O) groups is 1. The highest BCUT2D eigenvalue weighted by Crippen LogP contribution is 2.20. The van der Waals surface area contributed by atoms with Gasteiger partial charge in [0.1, 0.15) is 0 Å². The Kier molecular flexibility index (Phi) is 6.60. The van der Waals surface area contributed by atoms with E-state index in [0.29, 0.717) is 19.3 Å². The van der Waals surface area contributed by atoms with E-state index in [2.05, 4.69) is 5.32 Å². The van der Waals surface area contributed by atoms with E-state index < -0.39 is 12.2 Å². The lowest BCUT2D eigenvalue weighted by Gasteiger charge is -2.22. The standard InChI is InChI=1S/C12H25NO3/c1-9(14)5-6-11(16)13-8-10(15)7-12(2,3)4/h9-10,14-15H,5-8H2,1-4H3,(H,13,16). The molecule has 3 N–H and O–H groups in total. The topological polar surface area (TPSA) is 69.6 Å². The van der Waals surface area contributed by atoms with Gasteiger partial charge >= 0.3 is 0 Å². The molecule has 0 aromatic carbocycles. The monoisotopic (exact) mass is 231 g/mol. The fourth-order valence-corrected chi connectivity index (χ4v) is 1.44. The SMILES string of the molecule is CC(O)CCC(=O)NCC(O)CC(C)(C)C. The molecular formula is C12H25NO3. The smallest absolute Gasteiger partial charge is 0.220 e. The minimum Gasteiger partial charge on any atom is -0.393 e. The summed E-state index contributed by atoms with van der Waals surface area (Å²) in [6.07, 6.45) is 0.464. The Bertz CT molecular complexity index is 209. The molecule has 16 heavy (non-hydrogen) atoms. The molecule has 0 aliphatic carbocycles. The number of rotatable bonds is 6. The van der Waals surface area contributed by atoms with Crippen LogP contribution >= 0.6 is 0 Å². The fourth-order valence-electron chi connectivity index (χ4n) is 1.44. The molecule has 4 nitrogen and oxygen atoms in total. The van der Waals surface area contributed by atoms with Crippen LogP contribution < -0.4 is 5.32 Å². The molecule has 0 rings (SSSR count). The minimum atomic E-state index is -0.504. The molecule has 96 valence electrons. The van der Waals surface area contributed by atoms with E-state index in [1.54, 1.807) is 6.92 Å². The molecule has 0 radical (unpaired) electrons. The highest BCUT2D eigenvalue weighted by Gasteiger charge is 2.17. The molecule has 0 aliphatic heterocycles. The van der Waals surface area contributed by atoms with Gasteiger partial charge in [-0.1, -0.05) is 20.8 Å². The van der Waals surface area contributed by atoms with Crippen LogP contribution in [0.3, 0.4) is 0 Å². The molecule has 0 fully saturated rings. The molecule has 2 unspecified atom stereocenters. The highest BCUT2D eigenvalue weighted by molar-refractivity contribution is 5.75. The maximum absolute atomic E-state index is 11.3. The van der Waals surface area contributed by atoms with Gasteiger partial charge in [-0.3, -0.25) is 4.79 Å². The van der Waals surface area contributed by atoms with Crippen LogP contribution in [0.4, 0.5) is 0 Å². The second-order valence-corrected chi connectivity index (χ2v) is 5.61. The van der Waals surface area contributed by atoms with E-state index >= 15 is 0 Å². The van der Waals surface area contributed by atoms with Crippen LogP contribution in [0.25, 0.3) is 0 Å². The molecule has 0 aromatic rings. The van der Waals surface area contributed by atoms with Crippen molar-refractivity contribution < 1.29 is 15.0 Å². The highest BCUT2D eigenvalue weighted by atomic mass is 16.3. The van der Waals surface area contributed by atoms with Crippen LogP contribution in [0.15, 0.2) is 0 Å². The fraction of sp³-hybridized carbons (Fsp3) is 0.917. The summed E-state index contributed by atoms with van der Waals surface area (Å²) in [6.45, 7) is 8.08. The molecule has 0 aromatic heterocycles. The molecule has 0 heterocycles. The van der Waals surface area contributed by atoms with Gasteiger partial charge in [0.25, 0.3) is 0 Å². The molecule has 4 heteroatoms. The summed E-state index contributed by atoms with van der Waals surface area (Å²) < 4.78 is 0. The third kappa shape index (κ3) is 9.93. The van der Waals surface area contributed by atoms with Crippen molar-refractivity contribution in [2.45, 2.75) is 59.2 Å². The van der Waals surface area contributed by atoms with E-state index in [4.69, 9.17) is 5.11 Å². The predicted octanol–water partition coefficient (Wildman–Crippen LogP) is 1.06. The summed E-state index contributed by atoms with van der Waals surface area (Å²) in [5, 5.41) is 21.3. The molecular weight excluding hydrogens is 206 g/mol. The van der Waals surface area contributed by atoms with E-state index in [-0.39, 0.29) is 17.9 Å². The molecule has 1 amide bonds. The number of amides is 1. The van der Waals surface area contributed by atoms with Gasteiger partial charge in [0, 0.05) is 13.0 Å². The van der Waals surface area contributed by atoms with Gasteiger partial charge in [0.15, 0.2) is 0 Å². The van der Waals surface area contributed by atoms with Gasteiger partial charge in [-0.05, 0) is 25.2 Å². The van der Waals surface area contributed by atoms with Crippen molar-refractivity contribution in [3.05, 3.63) is 0 Å². The lowest BCUT2D eigenvalue weighted by molar-refractivity contribution is -0.122. The molecule has 0 saturated carbocycles. The Morgan fingerprint density at radius 3 is 2.31 bits per heavy atom. The van der Waals surface area contributed by atoms with Crippen molar-refractivity contribution in [3.8, 4) is 0 Å². The maximum Gasteiger partial charge on any atom is 0.220 e. The number of carbonyl (C=O) groups excluding carboxylic acids is 1. The summed E-state index contributed by atoms with van der Waals surface area (Å²) >= 11 is 0. The quantitative estimate of drug-likeness (QED) is 0.640. The second kappa shape index (κ2) is 6.86. The summed E-state index contributed by atoms with van der Waals surface area (Å²) in [4.78, 5) is 11.3. The van der Waals surface area contributed by atoms with Crippen molar-refractivity contribution in [1.29, 1.82) is 0 Å². The van der Waals surface area contributed by atoms with Gasteiger partial charge in [-0.25, -0.2) is 0 Å². The third-order valence-corrected chi connectivity index (χ3v) is 2.17. The van der Waals surface area contributed by atoms with E-state index in [1.165, 1.54) is 0 Å². The molecule has 0 saturated heterocycles. The van der Waals surface area contributed by atoms with Crippen molar-refractivity contribution in [2.24, 2.45) is 5.41 Å². The van der Waals surface area contributed by atoms with Crippen molar-refractivity contribution in [1.82, 2.24) is 5.32 Å². The first kappa shape index (κ1) is 15.4. The first-order chi connectivity index (χ1) is 7.20. The lowest BCUT2D eigenvalue weighted by atomic mass is 9.89. The van der Waals surface area contributed by atoms with Gasteiger partial charge in [0.2, 0.25) is 5.91 Å². The van der Waals surface area contributed by atoms with Crippen LogP contribution in [-0.2, 0) is 4.79 Å². The molecule has 2 atom stereocenters. The summed E-state index contributed by atoms with van der Waals surface area (Å²) in [5.74, 6) is -0.117. The third-order valence-electron chi connectivity index (χ3n) is 2.17. The van der Waals surface area contributed by atoms with Crippen LogP contribution in [0, 0.1) is 5.41 Å². The normalized spacial score (nSPS) is 15.6. The van der Waals surface area contributed by atoms with Crippen LogP contribution in [0.2, 0.25) is 0 Å². The Morgan fingerprint density at radius 1 is 1.31 bits per heavy atom. The lowest BCUT2D eigenvalue weighted by Crippen LogP contribution is -2.34. The summed E-state index contributed by atoms with van der Waals surface area (Å²) in [7, 11) is 0. The van der Waals surface area contributed by atoms with Crippen LogP contribution in [-0.4, -0.2) is 34.9 Å². The van der Waals surface area contributed by atoms with E-state index in [9.17, 15) is 9.90 Å². The van der Waals surface area contributed by atoms with Gasteiger partial charge in [-0.15, -0.1) is 0 Å². The van der Waals surface area contributed by atoms with Crippen molar-refractivity contribution in [2.75, 3.05) is 6.54 Å². The first-order valence-corrected chi connectivity index (χ1v) is 5.83. The van der Waals surface area contributed by atoms with Gasteiger partial charge in [0.05, 0.1) is 12.2 Å². The summed E-state index contributed by atoms with van der Waals surface area (Å²) in [5.41, 5.74) is 0.0593. The van der Waals surface area contributed by atoms with E-state index in [1.807, 2.05) is 20.8 Å². The largest absolute Gasteiger partial charge is 0.393 e.